The lowest BCUT2D eigenvalue weighted by atomic mass is 9.99. The van der Waals surface area contributed by atoms with E-state index in [0.29, 0.717) is 17.8 Å². The summed E-state index contributed by atoms with van der Waals surface area (Å²) in [5.74, 6) is 2.07. The van der Waals surface area contributed by atoms with Crippen molar-refractivity contribution in [3.05, 3.63) is 35.2 Å². The highest BCUT2D eigenvalue weighted by Gasteiger charge is 2.32. The fourth-order valence-electron chi connectivity index (χ4n) is 4.24. The van der Waals surface area contributed by atoms with E-state index in [9.17, 15) is 4.79 Å². The highest BCUT2D eigenvalue weighted by atomic mass is 16.1. The van der Waals surface area contributed by atoms with E-state index in [1.807, 2.05) is 17.7 Å². The summed E-state index contributed by atoms with van der Waals surface area (Å²) in [4.78, 5) is 14.6. The van der Waals surface area contributed by atoms with E-state index in [1.54, 1.807) is 7.05 Å². The molecule has 1 aliphatic carbocycles. The van der Waals surface area contributed by atoms with Crippen molar-refractivity contribution in [3.8, 4) is 0 Å². The fraction of sp³-hybridized carbons (Fsp3) is 0.632. The number of aromatic nitrogens is 4. The van der Waals surface area contributed by atoms with Gasteiger partial charge in [-0.25, -0.2) is 0 Å². The Bertz CT molecular complexity index is 803. The average molecular weight is 356 g/mol. The predicted molar refractivity (Wildman–Crippen MR) is 98.8 cm³/mol. The molecule has 140 valence electrons. The van der Waals surface area contributed by atoms with E-state index in [1.165, 1.54) is 31.4 Å². The molecule has 1 amide bonds. The molecule has 26 heavy (non-hydrogen) atoms. The summed E-state index contributed by atoms with van der Waals surface area (Å²) >= 11 is 0. The molecule has 1 atom stereocenters. The molecule has 1 saturated carbocycles. The minimum absolute atomic E-state index is 0.0368. The summed E-state index contributed by atoms with van der Waals surface area (Å²) in [6.45, 7) is 3.93. The number of aryl methyl sites for hydroxylation is 1. The third kappa shape index (κ3) is 3.05. The zero-order valence-corrected chi connectivity index (χ0v) is 15.9. The number of nitrogens with one attached hydrogen (secondary N) is 1. The lowest BCUT2D eigenvalue weighted by Gasteiger charge is -2.36. The minimum Gasteiger partial charge on any atom is -0.354 e. The second-order valence-corrected chi connectivity index (χ2v) is 7.53. The standard InChI is InChI=1S/C19H28N6O/c1-13-21-22-18(25(13)14-7-8-14)12-24-11-5-4-6-16(24)15-9-10-17(23(15)3)19(26)20-2/h9-10,14,16H,4-8,11-12H2,1-3H3,(H,20,26)/t16-/m0/s1. The third-order valence-corrected chi connectivity index (χ3v) is 5.77. The Hall–Kier alpha value is -2.15. The molecule has 0 spiro atoms. The van der Waals surface area contributed by atoms with Gasteiger partial charge in [-0.3, -0.25) is 9.69 Å². The summed E-state index contributed by atoms with van der Waals surface area (Å²) in [5, 5.41) is 11.5. The van der Waals surface area contributed by atoms with Gasteiger partial charge >= 0.3 is 0 Å². The van der Waals surface area contributed by atoms with Crippen molar-refractivity contribution in [3.63, 3.8) is 0 Å². The van der Waals surface area contributed by atoms with Gasteiger partial charge in [0.2, 0.25) is 0 Å². The number of carbonyl (C=O) groups is 1. The molecule has 2 aliphatic rings. The number of carbonyl (C=O) groups excluding carboxylic acids is 1. The number of hydrogen-bond acceptors (Lipinski definition) is 4. The van der Waals surface area contributed by atoms with Gasteiger partial charge in [0.1, 0.15) is 17.3 Å². The Morgan fingerprint density at radius 1 is 1.23 bits per heavy atom. The van der Waals surface area contributed by atoms with Gasteiger partial charge in [-0.05, 0) is 51.3 Å². The first kappa shape index (κ1) is 17.3. The highest BCUT2D eigenvalue weighted by Crippen LogP contribution is 2.38. The molecule has 1 aliphatic heterocycles. The molecular weight excluding hydrogens is 328 g/mol. The molecule has 0 unspecified atom stereocenters. The molecule has 0 radical (unpaired) electrons. The Balaban J connectivity index is 1.60. The van der Waals surface area contributed by atoms with Crippen LogP contribution in [0.2, 0.25) is 0 Å². The summed E-state index contributed by atoms with van der Waals surface area (Å²) in [5.41, 5.74) is 1.92. The van der Waals surface area contributed by atoms with Crippen LogP contribution in [0.1, 0.15) is 72.0 Å². The molecule has 7 nitrogen and oxygen atoms in total. The monoisotopic (exact) mass is 356 g/mol. The number of piperidine rings is 1. The van der Waals surface area contributed by atoms with E-state index in [4.69, 9.17) is 0 Å². The van der Waals surface area contributed by atoms with Crippen molar-refractivity contribution in [1.82, 2.24) is 29.5 Å². The van der Waals surface area contributed by atoms with Crippen LogP contribution in [0.5, 0.6) is 0 Å². The van der Waals surface area contributed by atoms with Crippen molar-refractivity contribution in [2.45, 2.75) is 57.7 Å². The van der Waals surface area contributed by atoms with Gasteiger partial charge in [-0.15, -0.1) is 10.2 Å². The summed E-state index contributed by atoms with van der Waals surface area (Å²) < 4.78 is 4.37. The average Bonchev–Trinajstić information content (AvgIpc) is 3.32. The van der Waals surface area contributed by atoms with Gasteiger partial charge in [0.25, 0.3) is 5.91 Å². The lowest BCUT2D eigenvalue weighted by molar-refractivity contribution is 0.0951. The molecule has 4 rings (SSSR count). The zero-order chi connectivity index (χ0) is 18.3. The van der Waals surface area contributed by atoms with Crippen molar-refractivity contribution < 1.29 is 4.79 Å². The van der Waals surface area contributed by atoms with Gasteiger partial charge in [0.15, 0.2) is 0 Å². The van der Waals surface area contributed by atoms with Crippen LogP contribution in [0.15, 0.2) is 12.1 Å². The number of rotatable bonds is 5. The normalized spacial score (nSPS) is 21.1. The molecule has 1 N–H and O–H groups in total. The Labute approximate surface area is 154 Å². The molecule has 2 aromatic heterocycles. The van der Waals surface area contributed by atoms with Gasteiger partial charge in [-0.1, -0.05) is 6.42 Å². The second kappa shape index (κ2) is 6.87. The first-order valence-electron chi connectivity index (χ1n) is 9.62. The van der Waals surface area contributed by atoms with Crippen molar-refractivity contribution in [2.75, 3.05) is 13.6 Å². The summed E-state index contributed by atoms with van der Waals surface area (Å²) in [6, 6.07) is 4.94. The molecule has 0 bridgehead atoms. The maximum Gasteiger partial charge on any atom is 0.267 e. The first-order chi connectivity index (χ1) is 12.6. The van der Waals surface area contributed by atoms with Crippen molar-refractivity contribution in [1.29, 1.82) is 0 Å². The van der Waals surface area contributed by atoms with Crippen molar-refractivity contribution >= 4 is 5.91 Å². The van der Waals surface area contributed by atoms with Gasteiger partial charge in [0.05, 0.1) is 12.6 Å². The molecular formula is C19H28N6O. The molecule has 2 aromatic rings. The Kier molecular flexibility index (Phi) is 4.56. The second-order valence-electron chi connectivity index (χ2n) is 7.53. The van der Waals surface area contributed by atoms with Crippen LogP contribution in [0.25, 0.3) is 0 Å². The quantitative estimate of drug-likeness (QED) is 0.893. The predicted octanol–water partition coefficient (Wildman–Crippen LogP) is 2.35. The van der Waals surface area contributed by atoms with Crippen molar-refractivity contribution in [2.24, 2.45) is 7.05 Å². The van der Waals surface area contributed by atoms with Gasteiger partial charge in [-0.2, -0.15) is 0 Å². The fourth-order valence-corrected chi connectivity index (χ4v) is 4.24. The number of nitrogens with zero attached hydrogens (tertiary/aromatic N) is 5. The minimum atomic E-state index is -0.0368. The zero-order valence-electron chi connectivity index (χ0n) is 15.9. The Morgan fingerprint density at radius 3 is 2.77 bits per heavy atom. The van der Waals surface area contributed by atoms with Crippen LogP contribution in [-0.4, -0.2) is 43.7 Å². The third-order valence-electron chi connectivity index (χ3n) is 5.77. The molecule has 0 aromatic carbocycles. The van der Waals surface area contributed by atoms with Gasteiger partial charge in [0, 0.05) is 25.8 Å². The van der Waals surface area contributed by atoms with Crippen LogP contribution in [0.3, 0.4) is 0 Å². The number of amides is 1. The van der Waals surface area contributed by atoms with Crippen LogP contribution in [0, 0.1) is 6.92 Å². The van der Waals surface area contributed by atoms with E-state index in [-0.39, 0.29) is 5.91 Å². The molecule has 1 saturated heterocycles. The topological polar surface area (TPSA) is 68.0 Å². The highest BCUT2D eigenvalue weighted by molar-refractivity contribution is 5.92. The van der Waals surface area contributed by atoms with Crippen LogP contribution in [-0.2, 0) is 13.6 Å². The largest absolute Gasteiger partial charge is 0.354 e. The Morgan fingerprint density at radius 2 is 2.04 bits per heavy atom. The smallest absolute Gasteiger partial charge is 0.267 e. The summed E-state index contributed by atoms with van der Waals surface area (Å²) in [7, 11) is 3.67. The van der Waals surface area contributed by atoms with Gasteiger partial charge < -0.3 is 14.5 Å². The van der Waals surface area contributed by atoms with E-state index < -0.39 is 0 Å². The number of hydrogen-bond donors (Lipinski definition) is 1. The van der Waals surface area contributed by atoms with Crippen LogP contribution >= 0.6 is 0 Å². The molecule has 2 fully saturated rings. The molecule has 7 heteroatoms. The van der Waals surface area contributed by atoms with E-state index >= 15 is 0 Å². The SMILES string of the molecule is CNC(=O)c1ccc([C@@H]2CCCCN2Cc2nnc(C)n2C2CC2)n1C. The van der Waals surface area contributed by atoms with E-state index in [2.05, 4.69) is 38.0 Å². The van der Waals surface area contributed by atoms with Crippen LogP contribution in [0.4, 0.5) is 0 Å². The van der Waals surface area contributed by atoms with Crippen LogP contribution < -0.4 is 5.32 Å². The number of likely N-dealkylation sites (tertiary alicyclic amines) is 1. The molecule has 3 heterocycles. The maximum atomic E-state index is 12.1. The lowest BCUT2D eigenvalue weighted by Crippen LogP contribution is -2.35. The van der Waals surface area contributed by atoms with E-state index in [0.717, 1.165) is 31.2 Å². The maximum absolute atomic E-state index is 12.1. The first-order valence-corrected chi connectivity index (χ1v) is 9.62. The summed E-state index contributed by atoms with van der Waals surface area (Å²) in [6.07, 6.45) is 6.02.